The van der Waals surface area contributed by atoms with Crippen LogP contribution in [0.15, 0.2) is 94.9 Å². The van der Waals surface area contributed by atoms with Gasteiger partial charge in [-0.15, -0.1) is 0 Å². The normalized spacial score (nSPS) is 12.5. The molecule has 9 heteroatoms. The molecule has 38 heavy (non-hydrogen) atoms. The molecule has 4 rings (SSSR count). The highest BCUT2D eigenvalue weighted by molar-refractivity contribution is 14.1. The molecule has 1 amide bonds. The number of aromatic nitrogens is 1. The number of amides is 1. The molecule has 0 saturated heterocycles. The minimum Gasteiger partial charge on any atom is -0.318 e. The average molecular weight is 641 g/mol. The van der Waals surface area contributed by atoms with Gasteiger partial charge in [-0.3, -0.25) is 4.79 Å². The predicted octanol–water partition coefficient (Wildman–Crippen LogP) is 5.57. The minimum atomic E-state index is -3.84. The van der Waals surface area contributed by atoms with Gasteiger partial charge < -0.3 is 4.57 Å². The fraction of sp³-hybridized carbons (Fsp3) is 0.172. The number of hydrogen-bond donors (Lipinski definition) is 2. The summed E-state index contributed by atoms with van der Waals surface area (Å²) in [5.41, 5.74) is 8.17. The highest BCUT2D eigenvalue weighted by Gasteiger charge is 2.23. The van der Waals surface area contributed by atoms with Crippen LogP contribution in [0.2, 0.25) is 0 Å². The van der Waals surface area contributed by atoms with Gasteiger partial charge in [0, 0.05) is 32.6 Å². The molecule has 0 aliphatic carbocycles. The Morgan fingerprint density at radius 2 is 1.63 bits per heavy atom. The van der Waals surface area contributed by atoms with Crippen molar-refractivity contribution in [3.8, 4) is 5.69 Å². The molecule has 3 aromatic carbocycles. The Kier molecular flexibility index (Phi) is 8.80. The van der Waals surface area contributed by atoms with Crippen molar-refractivity contribution in [1.29, 1.82) is 0 Å². The monoisotopic (exact) mass is 640 g/mol. The van der Waals surface area contributed by atoms with Crippen LogP contribution < -0.4 is 10.1 Å². The van der Waals surface area contributed by atoms with Gasteiger partial charge in [-0.25, -0.2) is 18.6 Å². The molecule has 196 valence electrons. The Bertz CT molecular complexity index is 1550. The van der Waals surface area contributed by atoms with Gasteiger partial charge >= 0.3 is 0 Å². The standard InChI is InChI=1S/C29H29IN4O3S/c1-20-9-15-27(16-10-20)38(36,37)33-28(23-7-5-4-6-8-23)18-29(35)32-31-19-24-17-21(2)34(22(24)3)26-13-11-25(30)12-14-26/h4-17,19,28,33H,18H2,1-3H3,(H,32,35)/b31-19-/t28-/m0/s1. The molecule has 0 radical (unpaired) electrons. The molecular formula is C29H29IN4O3S. The van der Waals surface area contributed by atoms with Gasteiger partial charge in [0.25, 0.3) is 0 Å². The molecule has 0 unspecified atom stereocenters. The number of hydrazone groups is 1. The molecule has 1 atom stereocenters. The van der Waals surface area contributed by atoms with Crippen LogP contribution in [0, 0.1) is 24.3 Å². The molecule has 1 aromatic heterocycles. The van der Waals surface area contributed by atoms with Crippen LogP contribution in [0.25, 0.3) is 5.69 Å². The van der Waals surface area contributed by atoms with E-state index in [-0.39, 0.29) is 11.3 Å². The van der Waals surface area contributed by atoms with Crippen LogP contribution >= 0.6 is 22.6 Å². The van der Waals surface area contributed by atoms with Crippen LogP contribution in [0.3, 0.4) is 0 Å². The number of carbonyl (C=O) groups excluding carboxylic acids is 1. The molecule has 1 heterocycles. The summed E-state index contributed by atoms with van der Waals surface area (Å²) in [6, 6.07) is 25.1. The third-order valence-electron chi connectivity index (χ3n) is 6.17. The van der Waals surface area contributed by atoms with Crippen molar-refractivity contribution in [2.24, 2.45) is 5.10 Å². The van der Waals surface area contributed by atoms with Crippen molar-refractivity contribution in [3.63, 3.8) is 0 Å². The fourth-order valence-electron chi connectivity index (χ4n) is 4.20. The summed E-state index contributed by atoms with van der Waals surface area (Å²) < 4.78 is 32.1. The molecule has 4 aromatic rings. The number of benzene rings is 3. The van der Waals surface area contributed by atoms with E-state index < -0.39 is 22.0 Å². The van der Waals surface area contributed by atoms with Gasteiger partial charge in [-0.2, -0.15) is 5.10 Å². The summed E-state index contributed by atoms with van der Waals surface area (Å²) in [6.07, 6.45) is 1.49. The lowest BCUT2D eigenvalue weighted by atomic mass is 10.0. The zero-order valence-electron chi connectivity index (χ0n) is 21.4. The summed E-state index contributed by atoms with van der Waals surface area (Å²) in [5.74, 6) is -0.409. The van der Waals surface area contributed by atoms with E-state index in [9.17, 15) is 13.2 Å². The molecule has 0 aliphatic rings. The first-order valence-electron chi connectivity index (χ1n) is 12.0. The first-order valence-corrected chi connectivity index (χ1v) is 14.6. The Labute approximate surface area is 237 Å². The van der Waals surface area contributed by atoms with Crippen molar-refractivity contribution in [2.45, 2.75) is 38.1 Å². The second kappa shape index (κ2) is 12.1. The van der Waals surface area contributed by atoms with Crippen LogP contribution in [0.4, 0.5) is 0 Å². The smallest absolute Gasteiger partial charge is 0.242 e. The zero-order valence-corrected chi connectivity index (χ0v) is 24.3. The van der Waals surface area contributed by atoms with E-state index in [0.717, 1.165) is 31.8 Å². The van der Waals surface area contributed by atoms with Crippen LogP contribution in [-0.4, -0.2) is 25.1 Å². The lowest BCUT2D eigenvalue weighted by Crippen LogP contribution is -2.32. The summed E-state index contributed by atoms with van der Waals surface area (Å²) in [6.45, 7) is 5.91. The molecule has 0 fully saturated rings. The Morgan fingerprint density at radius 3 is 2.29 bits per heavy atom. The van der Waals surface area contributed by atoms with Gasteiger partial charge in [0.1, 0.15) is 0 Å². The minimum absolute atomic E-state index is 0.117. The maximum absolute atomic E-state index is 13.0. The van der Waals surface area contributed by atoms with Crippen molar-refractivity contribution >= 4 is 44.7 Å². The fourth-order valence-corrected chi connectivity index (χ4v) is 5.78. The summed E-state index contributed by atoms with van der Waals surface area (Å²) in [7, 11) is -3.84. The molecule has 0 bridgehead atoms. The number of halogens is 1. The van der Waals surface area contributed by atoms with Gasteiger partial charge in [-0.05, 0) is 91.4 Å². The van der Waals surface area contributed by atoms with E-state index in [1.165, 1.54) is 0 Å². The third kappa shape index (κ3) is 6.77. The van der Waals surface area contributed by atoms with Crippen molar-refractivity contribution < 1.29 is 13.2 Å². The van der Waals surface area contributed by atoms with E-state index in [0.29, 0.717) is 5.56 Å². The number of rotatable bonds is 9. The summed E-state index contributed by atoms with van der Waals surface area (Å²) in [4.78, 5) is 13.0. The molecular weight excluding hydrogens is 611 g/mol. The number of carbonyl (C=O) groups is 1. The highest BCUT2D eigenvalue weighted by Crippen LogP contribution is 2.22. The van der Waals surface area contributed by atoms with Crippen molar-refractivity contribution in [2.75, 3.05) is 0 Å². The number of aryl methyl sites for hydroxylation is 2. The quantitative estimate of drug-likeness (QED) is 0.143. The predicted molar refractivity (Wildman–Crippen MR) is 159 cm³/mol. The van der Waals surface area contributed by atoms with Gasteiger partial charge in [0.15, 0.2) is 0 Å². The maximum atomic E-state index is 13.0. The van der Waals surface area contributed by atoms with Gasteiger partial charge in [0.2, 0.25) is 15.9 Å². The lowest BCUT2D eigenvalue weighted by molar-refractivity contribution is -0.121. The molecule has 7 nitrogen and oxygen atoms in total. The Balaban J connectivity index is 1.48. The topological polar surface area (TPSA) is 92.6 Å². The number of nitrogens with one attached hydrogen (secondary N) is 2. The van der Waals surface area contributed by atoms with Gasteiger partial charge in [-0.1, -0.05) is 48.0 Å². The lowest BCUT2D eigenvalue weighted by Gasteiger charge is -2.18. The molecule has 0 saturated carbocycles. The van der Waals surface area contributed by atoms with E-state index in [2.05, 4.69) is 66.7 Å². The van der Waals surface area contributed by atoms with Crippen LogP contribution in [-0.2, 0) is 14.8 Å². The molecule has 0 aliphatic heterocycles. The zero-order chi connectivity index (χ0) is 27.3. The summed E-state index contributed by atoms with van der Waals surface area (Å²) in [5, 5.41) is 4.16. The van der Waals surface area contributed by atoms with E-state index in [1.54, 1.807) is 42.6 Å². The first-order chi connectivity index (χ1) is 18.1. The highest BCUT2D eigenvalue weighted by atomic mass is 127. The van der Waals surface area contributed by atoms with Crippen molar-refractivity contribution in [1.82, 2.24) is 14.7 Å². The number of sulfonamides is 1. The molecule has 0 spiro atoms. The SMILES string of the molecule is Cc1ccc(S(=O)(=O)N[C@@H](CC(=O)N/N=C\c2cc(C)n(-c3ccc(I)cc3)c2C)c2ccccc2)cc1. The van der Waals surface area contributed by atoms with Crippen molar-refractivity contribution in [3.05, 3.63) is 117 Å². The summed E-state index contributed by atoms with van der Waals surface area (Å²) >= 11 is 2.28. The van der Waals surface area contributed by atoms with Gasteiger partial charge in [0.05, 0.1) is 17.2 Å². The Morgan fingerprint density at radius 1 is 0.974 bits per heavy atom. The number of nitrogens with zero attached hydrogens (tertiary/aromatic N) is 2. The van der Waals surface area contributed by atoms with Crippen LogP contribution in [0.5, 0.6) is 0 Å². The van der Waals surface area contributed by atoms with E-state index >= 15 is 0 Å². The first kappa shape index (κ1) is 27.7. The largest absolute Gasteiger partial charge is 0.318 e. The van der Waals surface area contributed by atoms with Crippen LogP contribution in [0.1, 0.15) is 40.5 Å². The Hall–Kier alpha value is -3.28. The molecule has 2 N–H and O–H groups in total. The second-order valence-electron chi connectivity index (χ2n) is 9.03. The second-order valence-corrected chi connectivity index (χ2v) is 12.0. The average Bonchev–Trinajstić information content (AvgIpc) is 3.17. The maximum Gasteiger partial charge on any atom is 0.242 e. The van der Waals surface area contributed by atoms with E-state index in [4.69, 9.17) is 0 Å². The number of hydrogen-bond acceptors (Lipinski definition) is 4. The third-order valence-corrected chi connectivity index (χ3v) is 8.37. The van der Waals surface area contributed by atoms with E-state index in [1.807, 2.05) is 45.0 Å².